The standard InChI is InChI=1S/C14H13BrN4/c1-9-4-10(2-3-11(9)6-16)14-13-5-12(15)7-19(13)18-8-17-14/h2-5,7-8H,6,16H2,1H3. The third-order valence-corrected chi connectivity index (χ3v) is 3.64. The van der Waals surface area contributed by atoms with Crippen LogP contribution in [0.2, 0.25) is 0 Å². The van der Waals surface area contributed by atoms with Crippen molar-refractivity contribution in [2.24, 2.45) is 5.73 Å². The number of aryl methyl sites for hydroxylation is 1. The molecule has 0 saturated carbocycles. The van der Waals surface area contributed by atoms with E-state index in [4.69, 9.17) is 5.73 Å². The van der Waals surface area contributed by atoms with Gasteiger partial charge in [0, 0.05) is 22.8 Å². The Morgan fingerprint density at radius 3 is 2.89 bits per heavy atom. The van der Waals surface area contributed by atoms with Crippen LogP contribution in [0.5, 0.6) is 0 Å². The van der Waals surface area contributed by atoms with E-state index < -0.39 is 0 Å². The second-order valence-electron chi connectivity index (χ2n) is 4.44. The van der Waals surface area contributed by atoms with Crippen LogP contribution in [0.4, 0.5) is 0 Å². The number of benzene rings is 1. The molecule has 2 N–H and O–H groups in total. The van der Waals surface area contributed by atoms with E-state index in [1.807, 2.05) is 16.8 Å². The van der Waals surface area contributed by atoms with Crippen LogP contribution >= 0.6 is 15.9 Å². The fraction of sp³-hybridized carbons (Fsp3) is 0.143. The maximum Gasteiger partial charge on any atom is 0.137 e. The van der Waals surface area contributed by atoms with Gasteiger partial charge in [-0.1, -0.05) is 12.1 Å². The molecular weight excluding hydrogens is 304 g/mol. The molecule has 2 heterocycles. The highest BCUT2D eigenvalue weighted by Gasteiger charge is 2.09. The van der Waals surface area contributed by atoms with E-state index in [9.17, 15) is 0 Å². The Morgan fingerprint density at radius 1 is 1.32 bits per heavy atom. The Labute approximate surface area is 119 Å². The number of aromatic nitrogens is 3. The molecule has 4 nitrogen and oxygen atoms in total. The van der Waals surface area contributed by atoms with Gasteiger partial charge in [0.1, 0.15) is 6.33 Å². The zero-order valence-electron chi connectivity index (χ0n) is 10.5. The van der Waals surface area contributed by atoms with Crippen LogP contribution < -0.4 is 5.73 Å². The van der Waals surface area contributed by atoms with E-state index in [0.29, 0.717) is 6.54 Å². The van der Waals surface area contributed by atoms with Gasteiger partial charge in [0.15, 0.2) is 0 Å². The summed E-state index contributed by atoms with van der Waals surface area (Å²) in [5.74, 6) is 0. The van der Waals surface area contributed by atoms with E-state index in [1.54, 1.807) is 6.33 Å². The Hall–Kier alpha value is -1.72. The van der Waals surface area contributed by atoms with Crippen LogP contribution in [0, 0.1) is 6.92 Å². The molecule has 0 spiro atoms. The third kappa shape index (κ3) is 2.15. The van der Waals surface area contributed by atoms with Gasteiger partial charge in [0.2, 0.25) is 0 Å². The summed E-state index contributed by atoms with van der Waals surface area (Å²) in [5, 5.41) is 4.20. The van der Waals surface area contributed by atoms with Gasteiger partial charge in [-0.2, -0.15) is 5.10 Å². The number of halogens is 1. The molecule has 3 rings (SSSR count). The van der Waals surface area contributed by atoms with E-state index in [2.05, 4.69) is 51.1 Å². The molecule has 3 aromatic rings. The predicted octanol–water partition coefficient (Wildman–Crippen LogP) is 2.93. The van der Waals surface area contributed by atoms with Crippen molar-refractivity contribution in [1.29, 1.82) is 0 Å². The van der Waals surface area contributed by atoms with Gasteiger partial charge in [-0.3, -0.25) is 0 Å². The summed E-state index contributed by atoms with van der Waals surface area (Å²) in [6.45, 7) is 2.63. The van der Waals surface area contributed by atoms with Gasteiger partial charge in [-0.15, -0.1) is 0 Å². The van der Waals surface area contributed by atoms with E-state index in [1.165, 1.54) is 5.56 Å². The first-order chi connectivity index (χ1) is 9.19. The Balaban J connectivity index is 2.21. The Kier molecular flexibility index (Phi) is 3.08. The lowest BCUT2D eigenvalue weighted by Crippen LogP contribution is -2.00. The molecule has 96 valence electrons. The number of nitrogens with two attached hydrogens (primary N) is 1. The summed E-state index contributed by atoms with van der Waals surface area (Å²) in [6, 6.07) is 8.24. The molecular formula is C14H13BrN4. The predicted molar refractivity (Wildman–Crippen MR) is 78.8 cm³/mol. The van der Waals surface area contributed by atoms with Crippen molar-refractivity contribution in [3.05, 3.63) is 52.4 Å². The molecule has 0 unspecified atom stereocenters. The normalized spacial score (nSPS) is 11.1. The van der Waals surface area contributed by atoms with Crippen LogP contribution in [0.25, 0.3) is 16.8 Å². The minimum absolute atomic E-state index is 0.558. The van der Waals surface area contributed by atoms with E-state index >= 15 is 0 Å². The lowest BCUT2D eigenvalue weighted by atomic mass is 10.0. The molecule has 0 fully saturated rings. The number of nitrogens with zero attached hydrogens (tertiary/aromatic N) is 3. The molecule has 0 atom stereocenters. The molecule has 0 bridgehead atoms. The molecule has 0 aliphatic rings. The van der Waals surface area contributed by atoms with Crippen LogP contribution in [-0.2, 0) is 6.54 Å². The monoisotopic (exact) mass is 316 g/mol. The minimum atomic E-state index is 0.558. The van der Waals surface area contributed by atoms with Crippen molar-refractivity contribution in [3.63, 3.8) is 0 Å². The van der Waals surface area contributed by atoms with Crippen LogP contribution in [0.3, 0.4) is 0 Å². The van der Waals surface area contributed by atoms with Crippen LogP contribution in [-0.4, -0.2) is 14.6 Å². The van der Waals surface area contributed by atoms with Gasteiger partial charge in [-0.25, -0.2) is 9.50 Å². The number of fused-ring (bicyclic) bond motifs is 1. The zero-order chi connectivity index (χ0) is 13.4. The SMILES string of the molecule is Cc1cc(-c2ncnn3cc(Br)cc23)ccc1CN. The first-order valence-electron chi connectivity index (χ1n) is 5.98. The highest BCUT2D eigenvalue weighted by Crippen LogP contribution is 2.26. The number of rotatable bonds is 2. The first kappa shape index (κ1) is 12.3. The third-order valence-electron chi connectivity index (χ3n) is 3.21. The smallest absolute Gasteiger partial charge is 0.137 e. The van der Waals surface area contributed by atoms with Gasteiger partial charge in [0.25, 0.3) is 0 Å². The molecule has 0 aliphatic heterocycles. The molecule has 5 heteroatoms. The quantitative estimate of drug-likeness (QED) is 0.790. The highest BCUT2D eigenvalue weighted by molar-refractivity contribution is 9.10. The maximum absolute atomic E-state index is 5.70. The molecule has 0 amide bonds. The van der Waals surface area contributed by atoms with Crippen molar-refractivity contribution >= 4 is 21.4 Å². The number of hydrogen-bond donors (Lipinski definition) is 1. The topological polar surface area (TPSA) is 56.2 Å². The fourth-order valence-electron chi connectivity index (χ4n) is 2.19. The molecule has 0 radical (unpaired) electrons. The molecule has 19 heavy (non-hydrogen) atoms. The average molecular weight is 317 g/mol. The van der Waals surface area contributed by atoms with Gasteiger partial charge < -0.3 is 5.73 Å². The zero-order valence-corrected chi connectivity index (χ0v) is 12.1. The van der Waals surface area contributed by atoms with Gasteiger partial charge in [0.05, 0.1) is 11.2 Å². The summed E-state index contributed by atoms with van der Waals surface area (Å²) in [7, 11) is 0. The molecule has 0 aliphatic carbocycles. The summed E-state index contributed by atoms with van der Waals surface area (Å²) < 4.78 is 2.81. The lowest BCUT2D eigenvalue weighted by molar-refractivity contribution is 0.905. The highest BCUT2D eigenvalue weighted by atomic mass is 79.9. The van der Waals surface area contributed by atoms with Crippen LogP contribution in [0.15, 0.2) is 41.3 Å². The Morgan fingerprint density at radius 2 is 2.16 bits per heavy atom. The molecule has 2 aromatic heterocycles. The second-order valence-corrected chi connectivity index (χ2v) is 5.36. The summed E-state index contributed by atoms with van der Waals surface area (Å²) in [5.41, 5.74) is 11.0. The minimum Gasteiger partial charge on any atom is -0.326 e. The summed E-state index contributed by atoms with van der Waals surface area (Å²) >= 11 is 3.46. The van der Waals surface area contributed by atoms with E-state index in [0.717, 1.165) is 26.8 Å². The van der Waals surface area contributed by atoms with Crippen molar-refractivity contribution < 1.29 is 0 Å². The lowest BCUT2D eigenvalue weighted by Gasteiger charge is -2.07. The summed E-state index contributed by atoms with van der Waals surface area (Å²) in [6.07, 6.45) is 3.49. The van der Waals surface area contributed by atoms with E-state index in [-0.39, 0.29) is 0 Å². The second kappa shape index (κ2) is 4.75. The summed E-state index contributed by atoms with van der Waals surface area (Å²) in [4.78, 5) is 4.40. The van der Waals surface area contributed by atoms with Crippen LogP contribution in [0.1, 0.15) is 11.1 Å². The fourth-order valence-corrected chi connectivity index (χ4v) is 2.60. The van der Waals surface area contributed by atoms with Crippen molar-refractivity contribution in [1.82, 2.24) is 14.6 Å². The van der Waals surface area contributed by atoms with Crippen molar-refractivity contribution in [2.45, 2.75) is 13.5 Å². The number of hydrogen-bond acceptors (Lipinski definition) is 3. The molecule has 1 aromatic carbocycles. The maximum atomic E-state index is 5.70. The van der Waals surface area contributed by atoms with Crippen molar-refractivity contribution in [3.8, 4) is 11.3 Å². The van der Waals surface area contributed by atoms with Gasteiger partial charge in [-0.05, 0) is 46.1 Å². The van der Waals surface area contributed by atoms with Gasteiger partial charge >= 0.3 is 0 Å². The first-order valence-corrected chi connectivity index (χ1v) is 6.77. The molecule has 0 saturated heterocycles. The average Bonchev–Trinajstić information content (AvgIpc) is 2.78. The van der Waals surface area contributed by atoms with Crippen molar-refractivity contribution in [2.75, 3.05) is 0 Å². The largest absolute Gasteiger partial charge is 0.326 e. The Bertz CT molecular complexity index is 748.